The van der Waals surface area contributed by atoms with Crippen LogP contribution in [0.4, 0.5) is 8.78 Å². The zero-order chi connectivity index (χ0) is 10.1. The van der Waals surface area contributed by atoms with E-state index in [1.165, 1.54) is 0 Å². The van der Waals surface area contributed by atoms with Crippen molar-refractivity contribution in [3.63, 3.8) is 0 Å². The number of nitrogens with zero attached hydrogens (tertiary/aromatic N) is 1. The Morgan fingerprint density at radius 2 is 2.08 bits per heavy atom. The molecule has 0 aromatic carbocycles. The van der Waals surface area contributed by atoms with Gasteiger partial charge in [0.05, 0.1) is 0 Å². The van der Waals surface area contributed by atoms with Gasteiger partial charge in [0.2, 0.25) is 0 Å². The van der Waals surface area contributed by atoms with Gasteiger partial charge in [0.1, 0.15) is 0 Å². The van der Waals surface area contributed by atoms with Crippen molar-refractivity contribution in [3.8, 4) is 0 Å². The van der Waals surface area contributed by atoms with E-state index >= 15 is 0 Å². The number of piperidine rings is 1. The molecule has 0 aromatic rings. The summed E-state index contributed by atoms with van der Waals surface area (Å²) >= 11 is 0. The standard InChI is InChI=1S/C7H13F2NO2S/c1-6-3-2-4-10(5-6)13(11,12)7(8)9/h6-7H,2-5H2,1H3/t6-/m0/s1. The van der Waals surface area contributed by atoms with Gasteiger partial charge in [0, 0.05) is 13.1 Å². The Morgan fingerprint density at radius 1 is 1.46 bits per heavy atom. The van der Waals surface area contributed by atoms with Crippen LogP contribution in [0.5, 0.6) is 0 Å². The van der Waals surface area contributed by atoms with Gasteiger partial charge in [-0.3, -0.25) is 0 Å². The molecule has 78 valence electrons. The summed E-state index contributed by atoms with van der Waals surface area (Å²) in [7, 11) is -4.33. The van der Waals surface area contributed by atoms with Crippen molar-refractivity contribution in [1.82, 2.24) is 4.31 Å². The molecule has 6 heteroatoms. The van der Waals surface area contributed by atoms with Crippen molar-refractivity contribution in [2.24, 2.45) is 5.92 Å². The largest absolute Gasteiger partial charge is 0.350 e. The second-order valence-electron chi connectivity index (χ2n) is 3.41. The predicted octanol–water partition coefficient (Wildman–Crippen LogP) is 1.27. The van der Waals surface area contributed by atoms with Gasteiger partial charge in [0.15, 0.2) is 0 Å². The van der Waals surface area contributed by atoms with Crippen LogP contribution in [-0.2, 0) is 10.0 Å². The number of sulfonamides is 1. The van der Waals surface area contributed by atoms with Gasteiger partial charge < -0.3 is 0 Å². The molecule has 1 aliphatic heterocycles. The van der Waals surface area contributed by atoms with Gasteiger partial charge in [-0.1, -0.05) is 6.92 Å². The van der Waals surface area contributed by atoms with E-state index in [2.05, 4.69) is 0 Å². The highest BCUT2D eigenvalue weighted by atomic mass is 32.2. The fraction of sp³-hybridized carbons (Fsp3) is 1.00. The third-order valence-electron chi connectivity index (χ3n) is 2.20. The van der Waals surface area contributed by atoms with Crippen LogP contribution < -0.4 is 0 Å². The molecule has 0 saturated carbocycles. The number of hydrogen-bond donors (Lipinski definition) is 0. The minimum Gasteiger partial charge on any atom is -0.206 e. The minimum atomic E-state index is -4.33. The average Bonchev–Trinajstić information content (AvgIpc) is 2.04. The average molecular weight is 213 g/mol. The van der Waals surface area contributed by atoms with E-state index in [-0.39, 0.29) is 19.0 Å². The van der Waals surface area contributed by atoms with E-state index in [4.69, 9.17) is 0 Å². The van der Waals surface area contributed by atoms with Gasteiger partial charge in [-0.2, -0.15) is 13.1 Å². The van der Waals surface area contributed by atoms with Crippen LogP contribution in [0.25, 0.3) is 0 Å². The molecule has 3 nitrogen and oxygen atoms in total. The Balaban J connectivity index is 2.71. The van der Waals surface area contributed by atoms with E-state index in [0.29, 0.717) is 6.42 Å². The van der Waals surface area contributed by atoms with E-state index in [9.17, 15) is 17.2 Å². The highest BCUT2D eigenvalue weighted by Crippen LogP contribution is 2.21. The van der Waals surface area contributed by atoms with Crippen molar-refractivity contribution >= 4 is 10.0 Å². The van der Waals surface area contributed by atoms with Crippen LogP contribution >= 0.6 is 0 Å². The number of alkyl halides is 2. The summed E-state index contributed by atoms with van der Waals surface area (Å²) in [6.07, 6.45) is 1.59. The molecule has 1 rings (SSSR count). The molecule has 1 heterocycles. The van der Waals surface area contributed by atoms with Crippen molar-refractivity contribution in [2.45, 2.75) is 25.5 Å². The fourth-order valence-corrected chi connectivity index (χ4v) is 2.56. The molecule has 0 bridgehead atoms. The minimum absolute atomic E-state index is 0.183. The molecule has 0 amide bonds. The first-order valence-corrected chi connectivity index (χ1v) is 5.72. The Bertz CT molecular complexity index is 266. The summed E-state index contributed by atoms with van der Waals surface area (Å²) in [6.45, 7) is 2.33. The van der Waals surface area contributed by atoms with Crippen LogP contribution in [0.3, 0.4) is 0 Å². The van der Waals surface area contributed by atoms with Gasteiger partial charge >= 0.3 is 5.76 Å². The number of halogens is 2. The fourth-order valence-electron chi connectivity index (χ4n) is 1.49. The van der Waals surface area contributed by atoms with E-state index in [1.54, 1.807) is 0 Å². The smallest absolute Gasteiger partial charge is 0.206 e. The van der Waals surface area contributed by atoms with Crippen molar-refractivity contribution in [2.75, 3.05) is 13.1 Å². The summed E-state index contributed by atoms with van der Waals surface area (Å²) in [5.41, 5.74) is 0. The first-order valence-electron chi connectivity index (χ1n) is 4.21. The zero-order valence-electron chi connectivity index (χ0n) is 7.41. The van der Waals surface area contributed by atoms with E-state index in [1.807, 2.05) is 6.92 Å². The topological polar surface area (TPSA) is 37.4 Å². The SMILES string of the molecule is C[C@H]1CCCN(S(=O)(=O)C(F)F)C1. The molecular weight excluding hydrogens is 200 g/mol. The lowest BCUT2D eigenvalue weighted by Gasteiger charge is -2.29. The maximum atomic E-state index is 12.1. The highest BCUT2D eigenvalue weighted by Gasteiger charge is 2.34. The van der Waals surface area contributed by atoms with Gasteiger partial charge in [-0.25, -0.2) is 8.42 Å². The normalized spacial score (nSPS) is 26.6. The third kappa shape index (κ3) is 2.37. The lowest BCUT2D eigenvalue weighted by molar-refractivity contribution is 0.204. The van der Waals surface area contributed by atoms with Crippen molar-refractivity contribution in [3.05, 3.63) is 0 Å². The molecule has 13 heavy (non-hydrogen) atoms. The maximum Gasteiger partial charge on any atom is 0.350 e. The molecule has 1 atom stereocenters. The zero-order valence-corrected chi connectivity index (χ0v) is 8.23. The Morgan fingerprint density at radius 3 is 2.54 bits per heavy atom. The van der Waals surface area contributed by atoms with Gasteiger partial charge in [0.25, 0.3) is 10.0 Å². The van der Waals surface area contributed by atoms with Crippen LogP contribution in [-0.4, -0.2) is 31.6 Å². The van der Waals surface area contributed by atoms with Crippen molar-refractivity contribution < 1.29 is 17.2 Å². The van der Waals surface area contributed by atoms with Crippen LogP contribution in [0.1, 0.15) is 19.8 Å². The maximum absolute atomic E-state index is 12.1. The summed E-state index contributed by atoms with van der Waals surface area (Å²) in [5.74, 6) is -3.10. The van der Waals surface area contributed by atoms with Gasteiger partial charge in [-0.15, -0.1) is 0 Å². The van der Waals surface area contributed by atoms with Crippen LogP contribution in [0.2, 0.25) is 0 Å². The number of rotatable bonds is 2. The third-order valence-corrected chi connectivity index (χ3v) is 3.71. The molecule has 1 aliphatic rings. The molecule has 0 radical (unpaired) electrons. The Kier molecular flexibility index (Phi) is 3.23. The summed E-state index contributed by atoms with van der Waals surface area (Å²) in [4.78, 5) is 0. The molecule has 0 spiro atoms. The molecule has 0 N–H and O–H groups in total. The molecule has 1 fully saturated rings. The molecule has 0 aliphatic carbocycles. The molecule has 0 unspecified atom stereocenters. The van der Waals surface area contributed by atoms with Crippen LogP contribution in [0.15, 0.2) is 0 Å². The van der Waals surface area contributed by atoms with Crippen molar-refractivity contribution in [1.29, 1.82) is 0 Å². The first kappa shape index (κ1) is 10.8. The van der Waals surface area contributed by atoms with E-state index in [0.717, 1.165) is 10.7 Å². The monoisotopic (exact) mass is 213 g/mol. The summed E-state index contributed by atoms with van der Waals surface area (Å²) in [6, 6.07) is 0. The second-order valence-corrected chi connectivity index (χ2v) is 5.31. The molecule has 1 saturated heterocycles. The molecule has 0 aromatic heterocycles. The highest BCUT2D eigenvalue weighted by molar-refractivity contribution is 7.89. The lowest BCUT2D eigenvalue weighted by atomic mass is 10.0. The quantitative estimate of drug-likeness (QED) is 0.692. The first-order chi connectivity index (χ1) is 5.94. The lowest BCUT2D eigenvalue weighted by Crippen LogP contribution is -2.41. The second kappa shape index (κ2) is 3.88. The van der Waals surface area contributed by atoms with Gasteiger partial charge in [-0.05, 0) is 18.8 Å². The Labute approximate surface area is 76.8 Å². The predicted molar refractivity (Wildman–Crippen MR) is 44.9 cm³/mol. The summed E-state index contributed by atoms with van der Waals surface area (Å²) in [5, 5.41) is 0. The molecular formula is C7H13F2NO2S. The Hall–Kier alpha value is -0.230. The van der Waals surface area contributed by atoms with Crippen LogP contribution in [0, 0.1) is 5.92 Å². The number of hydrogen-bond acceptors (Lipinski definition) is 2. The summed E-state index contributed by atoms with van der Waals surface area (Å²) < 4.78 is 47.1. The van der Waals surface area contributed by atoms with E-state index < -0.39 is 15.8 Å².